The van der Waals surface area contributed by atoms with E-state index in [2.05, 4.69) is 37.1 Å². The van der Waals surface area contributed by atoms with E-state index in [-0.39, 0.29) is 34.3 Å². The third-order valence-electron chi connectivity index (χ3n) is 10.2. The normalized spacial score (nSPS) is 38.6. The molecule has 1 N–H and O–H groups in total. The van der Waals surface area contributed by atoms with Crippen molar-refractivity contribution in [1.82, 2.24) is 4.90 Å². The molecule has 3 aliphatic carbocycles. The Labute approximate surface area is 203 Å². The SMILES string of the molecule is CCN1C(=O)C=C[C@@]2(C)C1CC[C@@H]1[C@H]2CC[C@]2(C)C(C(=O)Nc3ccccc3C(C)=O)CC[C@@H]12. The zero-order valence-electron chi connectivity index (χ0n) is 21.0. The molecule has 0 radical (unpaired) electrons. The molecule has 5 rings (SSSR count). The van der Waals surface area contributed by atoms with Gasteiger partial charge in [-0.15, -0.1) is 0 Å². The monoisotopic (exact) mass is 462 g/mol. The summed E-state index contributed by atoms with van der Waals surface area (Å²) < 4.78 is 0. The van der Waals surface area contributed by atoms with Crippen LogP contribution in [0.15, 0.2) is 36.4 Å². The van der Waals surface area contributed by atoms with Crippen molar-refractivity contribution in [2.45, 2.75) is 72.3 Å². The molecule has 5 heteroatoms. The van der Waals surface area contributed by atoms with Crippen molar-refractivity contribution in [2.24, 2.45) is 34.5 Å². The summed E-state index contributed by atoms with van der Waals surface area (Å²) in [4.78, 5) is 40.2. The molecule has 2 unspecified atom stereocenters. The number of hydrogen-bond acceptors (Lipinski definition) is 3. The molecule has 2 amide bonds. The van der Waals surface area contributed by atoms with E-state index in [4.69, 9.17) is 0 Å². The van der Waals surface area contributed by atoms with Crippen LogP contribution in [-0.4, -0.2) is 35.1 Å². The van der Waals surface area contributed by atoms with Crippen LogP contribution in [-0.2, 0) is 9.59 Å². The number of anilines is 1. The lowest BCUT2D eigenvalue weighted by molar-refractivity contribution is -0.143. The van der Waals surface area contributed by atoms with Crippen LogP contribution in [0, 0.1) is 34.5 Å². The van der Waals surface area contributed by atoms with E-state index in [9.17, 15) is 14.4 Å². The zero-order chi connectivity index (χ0) is 24.3. The number of ketones is 1. The Bertz CT molecular complexity index is 1050. The molecule has 182 valence electrons. The maximum absolute atomic E-state index is 13.5. The quantitative estimate of drug-likeness (QED) is 0.603. The number of nitrogens with one attached hydrogen (secondary N) is 1. The lowest BCUT2D eigenvalue weighted by atomic mass is 9.47. The summed E-state index contributed by atoms with van der Waals surface area (Å²) in [5, 5.41) is 3.12. The molecule has 7 atom stereocenters. The van der Waals surface area contributed by atoms with E-state index in [0.29, 0.717) is 35.0 Å². The highest BCUT2D eigenvalue weighted by Gasteiger charge is 2.61. The van der Waals surface area contributed by atoms with Gasteiger partial charge in [0.05, 0.1) is 5.69 Å². The fourth-order valence-corrected chi connectivity index (χ4v) is 8.52. The van der Waals surface area contributed by atoms with Crippen LogP contribution in [0.1, 0.15) is 76.6 Å². The van der Waals surface area contributed by atoms with Crippen molar-refractivity contribution < 1.29 is 14.4 Å². The first-order valence-electron chi connectivity index (χ1n) is 13.1. The number of hydrogen-bond donors (Lipinski definition) is 1. The van der Waals surface area contributed by atoms with Crippen LogP contribution in [0.25, 0.3) is 0 Å². The number of nitrogens with zero attached hydrogens (tertiary/aromatic N) is 1. The highest BCUT2D eigenvalue weighted by atomic mass is 16.2. The summed E-state index contributed by atoms with van der Waals surface area (Å²) in [6.07, 6.45) is 10.4. The highest BCUT2D eigenvalue weighted by Crippen LogP contribution is 2.65. The third-order valence-corrected chi connectivity index (χ3v) is 10.2. The smallest absolute Gasteiger partial charge is 0.246 e. The second kappa shape index (κ2) is 8.35. The summed E-state index contributed by atoms with van der Waals surface area (Å²) in [6.45, 7) is 9.12. The fraction of sp³-hybridized carbons (Fsp3) is 0.621. The van der Waals surface area contributed by atoms with Gasteiger partial charge in [-0.2, -0.15) is 0 Å². The Hall–Kier alpha value is -2.43. The minimum atomic E-state index is -0.0305. The molecule has 3 saturated carbocycles. The number of likely N-dealkylation sites (N-methyl/N-ethyl adjacent to an activating group) is 1. The summed E-state index contributed by atoms with van der Waals surface area (Å²) in [6, 6.07) is 7.62. The van der Waals surface area contributed by atoms with Gasteiger partial charge in [-0.1, -0.05) is 32.1 Å². The predicted octanol–water partition coefficient (Wildman–Crippen LogP) is 5.47. The number of benzene rings is 1. The van der Waals surface area contributed by atoms with Gasteiger partial charge in [0.15, 0.2) is 5.78 Å². The van der Waals surface area contributed by atoms with Gasteiger partial charge in [0.25, 0.3) is 0 Å². The van der Waals surface area contributed by atoms with Crippen LogP contribution < -0.4 is 5.32 Å². The molecular formula is C29H38N2O3. The van der Waals surface area contributed by atoms with E-state index in [1.54, 1.807) is 13.0 Å². The molecule has 3 fully saturated rings. The first kappa shape index (κ1) is 23.3. The minimum Gasteiger partial charge on any atom is -0.336 e. The molecule has 0 spiro atoms. The molecule has 0 saturated heterocycles. The number of para-hydroxylation sites is 1. The fourth-order valence-electron chi connectivity index (χ4n) is 8.52. The van der Waals surface area contributed by atoms with Crippen molar-refractivity contribution in [1.29, 1.82) is 0 Å². The van der Waals surface area contributed by atoms with E-state index in [1.807, 2.05) is 24.3 Å². The van der Waals surface area contributed by atoms with E-state index < -0.39 is 0 Å². The zero-order valence-corrected chi connectivity index (χ0v) is 21.0. The molecular weight excluding hydrogens is 424 g/mol. The number of fused-ring (bicyclic) bond motifs is 5. The van der Waals surface area contributed by atoms with Gasteiger partial charge in [-0.3, -0.25) is 14.4 Å². The lowest BCUT2D eigenvalue weighted by Gasteiger charge is -2.60. The van der Waals surface area contributed by atoms with Gasteiger partial charge in [-0.25, -0.2) is 0 Å². The van der Waals surface area contributed by atoms with Gasteiger partial charge in [0.1, 0.15) is 0 Å². The second-order valence-electron chi connectivity index (χ2n) is 11.6. The maximum Gasteiger partial charge on any atom is 0.246 e. The Morgan fingerprint density at radius 2 is 1.82 bits per heavy atom. The van der Waals surface area contributed by atoms with Crippen molar-refractivity contribution in [2.75, 3.05) is 11.9 Å². The van der Waals surface area contributed by atoms with Gasteiger partial charge < -0.3 is 10.2 Å². The van der Waals surface area contributed by atoms with Gasteiger partial charge in [-0.05, 0) is 93.7 Å². The molecule has 5 nitrogen and oxygen atoms in total. The van der Waals surface area contributed by atoms with Crippen LogP contribution in [0.4, 0.5) is 5.69 Å². The first-order valence-corrected chi connectivity index (χ1v) is 13.1. The molecule has 34 heavy (non-hydrogen) atoms. The summed E-state index contributed by atoms with van der Waals surface area (Å²) in [5.74, 6) is 1.85. The van der Waals surface area contributed by atoms with Gasteiger partial charge in [0.2, 0.25) is 11.8 Å². The van der Waals surface area contributed by atoms with Crippen LogP contribution >= 0.6 is 0 Å². The Balaban J connectivity index is 1.38. The number of rotatable bonds is 4. The Kier molecular flexibility index (Phi) is 5.73. The topological polar surface area (TPSA) is 66.5 Å². The van der Waals surface area contributed by atoms with E-state index in [1.165, 1.54) is 0 Å². The van der Waals surface area contributed by atoms with Crippen molar-refractivity contribution in [3.8, 4) is 0 Å². The molecule has 0 aromatic heterocycles. The summed E-state index contributed by atoms with van der Waals surface area (Å²) >= 11 is 0. The largest absolute Gasteiger partial charge is 0.336 e. The second-order valence-corrected chi connectivity index (χ2v) is 11.6. The average molecular weight is 463 g/mol. The van der Waals surface area contributed by atoms with Crippen LogP contribution in [0.2, 0.25) is 0 Å². The number of Topliss-reactive ketones (excluding diaryl/α,β-unsaturated/α-hetero) is 1. The molecule has 0 bridgehead atoms. The van der Waals surface area contributed by atoms with Crippen molar-refractivity contribution in [3.05, 3.63) is 42.0 Å². The van der Waals surface area contributed by atoms with Crippen LogP contribution in [0.3, 0.4) is 0 Å². The third kappa shape index (κ3) is 3.37. The highest BCUT2D eigenvalue weighted by molar-refractivity contribution is 6.04. The Morgan fingerprint density at radius 3 is 2.56 bits per heavy atom. The van der Waals surface area contributed by atoms with E-state index in [0.717, 1.165) is 45.1 Å². The summed E-state index contributed by atoms with van der Waals surface area (Å²) in [5.41, 5.74) is 1.21. The lowest BCUT2D eigenvalue weighted by Crippen LogP contribution is -2.60. The molecule has 1 aromatic rings. The molecule has 4 aliphatic rings. The van der Waals surface area contributed by atoms with Crippen molar-refractivity contribution in [3.63, 3.8) is 0 Å². The average Bonchev–Trinajstić information content (AvgIpc) is 3.17. The van der Waals surface area contributed by atoms with Gasteiger partial charge >= 0.3 is 0 Å². The van der Waals surface area contributed by atoms with Gasteiger partial charge in [0, 0.05) is 29.5 Å². The number of carbonyl (C=O) groups excluding carboxylic acids is 3. The molecule has 1 heterocycles. The predicted molar refractivity (Wildman–Crippen MR) is 133 cm³/mol. The molecule has 1 aliphatic heterocycles. The minimum absolute atomic E-state index is 0.0156. The van der Waals surface area contributed by atoms with Crippen molar-refractivity contribution >= 4 is 23.3 Å². The molecule has 1 aromatic carbocycles. The Morgan fingerprint density at radius 1 is 1.06 bits per heavy atom. The first-order chi connectivity index (χ1) is 16.2. The number of amides is 2. The number of carbonyl (C=O) groups is 3. The standard InChI is InChI=1S/C29H38N2O3/c1-5-31-25-13-10-20-21-11-12-23(27(34)30-24-9-7-6-8-19(24)18(2)32)28(21,3)16-14-22(20)29(25,4)17-15-26(31)33/h6-9,15,17,20-23,25H,5,10-14,16H2,1-4H3,(H,30,34)/t20-,21-,22+,23?,25?,28-,29+/m0/s1. The van der Waals surface area contributed by atoms with Crippen LogP contribution in [0.5, 0.6) is 0 Å². The summed E-state index contributed by atoms with van der Waals surface area (Å²) in [7, 11) is 0. The maximum atomic E-state index is 13.5. The van der Waals surface area contributed by atoms with E-state index >= 15 is 0 Å².